The van der Waals surface area contributed by atoms with Gasteiger partial charge < -0.3 is 20.3 Å². The molecule has 0 aromatic heterocycles. The van der Waals surface area contributed by atoms with Crippen molar-refractivity contribution in [1.29, 1.82) is 0 Å². The maximum absolute atomic E-state index is 12.1. The highest BCUT2D eigenvalue weighted by atomic mass is 35.5. The fourth-order valence-electron chi connectivity index (χ4n) is 3.57. The number of halogens is 3. The number of hydrogen-bond acceptors (Lipinski definition) is 5. The molecule has 2 N–H and O–H groups in total. The highest BCUT2D eigenvalue weighted by Gasteiger charge is 2.26. The van der Waals surface area contributed by atoms with Crippen LogP contribution in [0.3, 0.4) is 0 Å². The molecule has 0 bridgehead atoms. The number of carbonyl (C=O) groups is 1. The van der Waals surface area contributed by atoms with Gasteiger partial charge in [-0.1, -0.05) is 30.3 Å². The van der Waals surface area contributed by atoms with Gasteiger partial charge in [-0.3, -0.25) is 9.69 Å². The van der Waals surface area contributed by atoms with E-state index in [-0.39, 0.29) is 49.2 Å². The van der Waals surface area contributed by atoms with Crippen molar-refractivity contribution in [2.24, 2.45) is 0 Å². The van der Waals surface area contributed by atoms with Gasteiger partial charge in [-0.15, -0.1) is 37.2 Å². The van der Waals surface area contributed by atoms with Crippen LogP contribution in [0.15, 0.2) is 30.3 Å². The minimum atomic E-state index is -0.200. The lowest BCUT2D eigenvalue weighted by molar-refractivity contribution is -0.125. The molecule has 1 amide bonds. The lowest BCUT2D eigenvalue weighted by Crippen LogP contribution is -2.51. The zero-order valence-electron chi connectivity index (χ0n) is 16.3. The molecule has 2 atom stereocenters. The van der Waals surface area contributed by atoms with Crippen LogP contribution in [-0.2, 0) is 9.53 Å². The molecular formula is C19H33Cl3N4O2. The van der Waals surface area contributed by atoms with Crippen molar-refractivity contribution in [3.05, 3.63) is 35.9 Å². The lowest BCUT2D eigenvalue weighted by atomic mass is 10.0. The molecular weight excluding hydrogens is 423 g/mol. The van der Waals surface area contributed by atoms with Gasteiger partial charge >= 0.3 is 0 Å². The maximum atomic E-state index is 12.1. The number of ether oxygens (including phenoxy) is 1. The van der Waals surface area contributed by atoms with Gasteiger partial charge in [-0.2, -0.15) is 0 Å². The van der Waals surface area contributed by atoms with Crippen molar-refractivity contribution in [3.8, 4) is 0 Å². The molecule has 2 aliphatic rings. The predicted molar refractivity (Wildman–Crippen MR) is 120 cm³/mol. The Morgan fingerprint density at radius 2 is 1.96 bits per heavy atom. The molecule has 162 valence electrons. The Balaban J connectivity index is 0.00000243. The first-order valence-corrected chi connectivity index (χ1v) is 9.30. The van der Waals surface area contributed by atoms with Crippen LogP contribution in [0.25, 0.3) is 0 Å². The summed E-state index contributed by atoms with van der Waals surface area (Å²) in [5.41, 5.74) is 1.38. The minimum absolute atomic E-state index is 0. The molecule has 9 heteroatoms. The Bertz CT molecular complexity index is 547. The van der Waals surface area contributed by atoms with E-state index in [9.17, 15) is 4.79 Å². The Labute approximate surface area is 187 Å². The summed E-state index contributed by atoms with van der Waals surface area (Å²) < 4.78 is 5.34. The van der Waals surface area contributed by atoms with Crippen molar-refractivity contribution >= 4 is 43.1 Å². The summed E-state index contributed by atoms with van der Waals surface area (Å²) in [6.07, 6.45) is 0.965. The number of nitrogens with zero attached hydrogens (tertiary/aromatic N) is 2. The van der Waals surface area contributed by atoms with Crippen LogP contribution >= 0.6 is 37.2 Å². The first-order chi connectivity index (χ1) is 12.2. The van der Waals surface area contributed by atoms with Gasteiger partial charge in [0.25, 0.3) is 0 Å². The summed E-state index contributed by atoms with van der Waals surface area (Å²) in [6.45, 7) is 6.85. The van der Waals surface area contributed by atoms with Gasteiger partial charge in [0, 0.05) is 45.3 Å². The van der Waals surface area contributed by atoms with Crippen LogP contribution in [0, 0.1) is 0 Å². The quantitative estimate of drug-likeness (QED) is 0.640. The third-order valence-electron chi connectivity index (χ3n) is 5.04. The van der Waals surface area contributed by atoms with E-state index >= 15 is 0 Å². The zero-order chi connectivity index (χ0) is 17.5. The second-order valence-electron chi connectivity index (χ2n) is 6.95. The average Bonchev–Trinajstić information content (AvgIpc) is 2.67. The molecule has 0 saturated carbocycles. The van der Waals surface area contributed by atoms with Crippen molar-refractivity contribution in [1.82, 2.24) is 20.4 Å². The molecule has 6 nitrogen and oxygen atoms in total. The van der Waals surface area contributed by atoms with Gasteiger partial charge in [0.05, 0.1) is 13.2 Å². The van der Waals surface area contributed by atoms with Crippen LogP contribution in [0.1, 0.15) is 18.0 Å². The fraction of sp³-hybridized carbons (Fsp3) is 0.632. The minimum Gasteiger partial charge on any atom is -0.378 e. The first-order valence-electron chi connectivity index (χ1n) is 9.30. The molecule has 28 heavy (non-hydrogen) atoms. The SMILES string of the molecule is CN1CCN(CCCNC(=O)C2COCCN2)C(c2ccccc2)C1.Cl.Cl.Cl. The summed E-state index contributed by atoms with van der Waals surface area (Å²) in [5, 5.41) is 6.23. The number of nitrogens with one attached hydrogen (secondary N) is 2. The third kappa shape index (κ3) is 8.03. The van der Waals surface area contributed by atoms with Crippen LogP contribution in [0.5, 0.6) is 0 Å². The van der Waals surface area contributed by atoms with E-state index in [1.165, 1.54) is 5.56 Å². The number of morpholine rings is 1. The summed E-state index contributed by atoms with van der Waals surface area (Å²) >= 11 is 0. The second-order valence-corrected chi connectivity index (χ2v) is 6.95. The molecule has 2 aliphatic heterocycles. The van der Waals surface area contributed by atoms with Gasteiger partial charge in [-0.05, 0) is 19.0 Å². The van der Waals surface area contributed by atoms with Crippen LogP contribution in [0.2, 0.25) is 0 Å². The summed E-state index contributed by atoms with van der Waals surface area (Å²) in [7, 11) is 2.19. The Kier molecular flexibility index (Phi) is 14.1. The largest absolute Gasteiger partial charge is 0.378 e. The molecule has 1 aromatic rings. The van der Waals surface area contributed by atoms with Gasteiger partial charge in [0.15, 0.2) is 0 Å². The van der Waals surface area contributed by atoms with E-state index in [2.05, 4.69) is 57.8 Å². The van der Waals surface area contributed by atoms with Gasteiger partial charge in [0.2, 0.25) is 5.91 Å². The average molecular weight is 456 g/mol. The Morgan fingerprint density at radius 1 is 1.21 bits per heavy atom. The molecule has 2 unspecified atom stereocenters. The smallest absolute Gasteiger partial charge is 0.239 e. The van der Waals surface area contributed by atoms with Crippen LogP contribution in [0.4, 0.5) is 0 Å². The molecule has 0 radical (unpaired) electrons. The molecule has 0 spiro atoms. The maximum Gasteiger partial charge on any atom is 0.239 e. The van der Waals surface area contributed by atoms with Crippen molar-refractivity contribution in [2.75, 3.05) is 59.5 Å². The molecule has 3 rings (SSSR count). The summed E-state index contributed by atoms with van der Waals surface area (Å²) in [6, 6.07) is 11.0. The van der Waals surface area contributed by atoms with E-state index in [1.807, 2.05) is 0 Å². The molecule has 2 heterocycles. The number of rotatable bonds is 6. The molecule has 0 aliphatic carbocycles. The van der Waals surface area contributed by atoms with E-state index in [0.717, 1.165) is 39.1 Å². The van der Waals surface area contributed by atoms with E-state index in [1.54, 1.807) is 0 Å². The van der Waals surface area contributed by atoms with Crippen LogP contribution in [-0.4, -0.2) is 81.3 Å². The third-order valence-corrected chi connectivity index (χ3v) is 5.04. The highest BCUT2D eigenvalue weighted by molar-refractivity contribution is 5.86. The molecule has 2 saturated heterocycles. The van der Waals surface area contributed by atoms with Gasteiger partial charge in [0.1, 0.15) is 6.04 Å². The van der Waals surface area contributed by atoms with E-state index < -0.39 is 0 Å². The Hall–Kier alpha value is -0.600. The normalized spacial score (nSPS) is 22.9. The number of piperazine rings is 1. The number of benzene rings is 1. The van der Waals surface area contributed by atoms with Crippen molar-refractivity contribution < 1.29 is 9.53 Å². The summed E-state index contributed by atoms with van der Waals surface area (Å²) in [5.74, 6) is 0.0534. The predicted octanol–water partition coefficient (Wildman–Crippen LogP) is 1.74. The number of amides is 1. The van der Waals surface area contributed by atoms with Crippen LogP contribution < -0.4 is 10.6 Å². The highest BCUT2D eigenvalue weighted by Crippen LogP contribution is 2.24. The molecule has 2 fully saturated rings. The molecule has 1 aromatic carbocycles. The zero-order valence-corrected chi connectivity index (χ0v) is 18.8. The van der Waals surface area contributed by atoms with E-state index in [0.29, 0.717) is 25.8 Å². The Morgan fingerprint density at radius 3 is 2.64 bits per heavy atom. The van der Waals surface area contributed by atoms with Crippen molar-refractivity contribution in [3.63, 3.8) is 0 Å². The second kappa shape index (κ2) is 14.4. The number of likely N-dealkylation sites (N-methyl/N-ethyl adjacent to an activating group) is 1. The monoisotopic (exact) mass is 454 g/mol. The number of hydrogen-bond donors (Lipinski definition) is 2. The fourth-order valence-corrected chi connectivity index (χ4v) is 3.57. The van der Waals surface area contributed by atoms with Crippen molar-refractivity contribution in [2.45, 2.75) is 18.5 Å². The standard InChI is InChI=1S/C19H30N4O2.3ClH/c1-22-11-12-23(18(14-22)16-6-3-2-4-7-16)10-5-8-21-19(24)17-15-25-13-9-20-17;;;/h2-4,6-7,17-18,20H,5,8-15H2,1H3,(H,21,24);3*1H. The van der Waals surface area contributed by atoms with Gasteiger partial charge in [-0.25, -0.2) is 0 Å². The van der Waals surface area contributed by atoms with E-state index in [4.69, 9.17) is 4.74 Å². The first kappa shape index (κ1) is 27.4. The lowest BCUT2D eigenvalue weighted by Gasteiger charge is -2.40. The summed E-state index contributed by atoms with van der Waals surface area (Å²) in [4.78, 5) is 17.0. The number of carbonyl (C=O) groups excluding carboxylic acids is 1. The topological polar surface area (TPSA) is 56.8 Å².